The molecule has 0 unspecified atom stereocenters. The summed E-state index contributed by atoms with van der Waals surface area (Å²) in [6.07, 6.45) is 0. The normalized spacial score (nSPS) is 10.5. The standard InChI is InChI=1S/C16H13ClN6O3/c1-10-5-4-8-13(23(25)26)15(10)18-14(24)9-22-20-16(19-21-22)11-6-2-3-7-12(11)17/h2-8H,9H2,1H3,(H,18,24). The van der Waals surface area contributed by atoms with Crippen molar-refractivity contribution in [3.05, 3.63) is 63.2 Å². The van der Waals surface area contributed by atoms with Crippen LogP contribution < -0.4 is 5.32 Å². The van der Waals surface area contributed by atoms with E-state index in [9.17, 15) is 14.9 Å². The van der Waals surface area contributed by atoms with E-state index in [0.717, 1.165) is 4.80 Å². The molecule has 132 valence electrons. The molecule has 26 heavy (non-hydrogen) atoms. The number of hydrogen-bond acceptors (Lipinski definition) is 6. The second kappa shape index (κ2) is 7.28. The van der Waals surface area contributed by atoms with Crippen LogP contribution in [-0.2, 0) is 11.3 Å². The second-order valence-corrected chi connectivity index (χ2v) is 5.80. The number of carbonyl (C=O) groups is 1. The molecule has 0 spiro atoms. The average molecular weight is 373 g/mol. The van der Waals surface area contributed by atoms with Gasteiger partial charge in [-0.05, 0) is 29.8 Å². The lowest BCUT2D eigenvalue weighted by Gasteiger charge is -2.08. The van der Waals surface area contributed by atoms with Gasteiger partial charge in [-0.2, -0.15) is 4.80 Å². The summed E-state index contributed by atoms with van der Waals surface area (Å²) in [6, 6.07) is 11.5. The summed E-state index contributed by atoms with van der Waals surface area (Å²) in [7, 11) is 0. The summed E-state index contributed by atoms with van der Waals surface area (Å²) in [5.41, 5.74) is 1.14. The first-order valence-electron chi connectivity index (χ1n) is 7.52. The van der Waals surface area contributed by atoms with Gasteiger partial charge in [0.2, 0.25) is 11.7 Å². The molecule has 0 aliphatic rings. The van der Waals surface area contributed by atoms with Crippen LogP contribution in [-0.4, -0.2) is 31.0 Å². The Bertz CT molecular complexity index is 988. The first-order chi connectivity index (χ1) is 12.5. The molecule has 0 radical (unpaired) electrons. The smallest absolute Gasteiger partial charge is 0.293 e. The van der Waals surface area contributed by atoms with Gasteiger partial charge in [0.15, 0.2) is 0 Å². The molecule has 0 saturated carbocycles. The number of tetrazole rings is 1. The fourth-order valence-corrected chi connectivity index (χ4v) is 2.56. The number of hydrogen-bond donors (Lipinski definition) is 1. The van der Waals surface area contributed by atoms with Crippen molar-refractivity contribution in [3.63, 3.8) is 0 Å². The van der Waals surface area contributed by atoms with E-state index in [0.29, 0.717) is 16.1 Å². The first kappa shape index (κ1) is 17.5. The molecule has 0 saturated heterocycles. The number of benzene rings is 2. The molecule has 1 heterocycles. The molecule has 2 aromatic carbocycles. The quantitative estimate of drug-likeness (QED) is 0.543. The number of aryl methyl sites for hydroxylation is 1. The molecular formula is C16H13ClN6O3. The van der Waals surface area contributed by atoms with Crippen LogP contribution in [0.5, 0.6) is 0 Å². The van der Waals surface area contributed by atoms with Gasteiger partial charge in [0.05, 0.1) is 9.95 Å². The lowest BCUT2D eigenvalue weighted by atomic mass is 10.1. The average Bonchev–Trinajstić information content (AvgIpc) is 3.05. The Hall–Kier alpha value is -3.33. The van der Waals surface area contributed by atoms with Crippen LogP contribution in [0.25, 0.3) is 11.4 Å². The summed E-state index contributed by atoms with van der Waals surface area (Å²) in [5.74, 6) is -0.226. The zero-order valence-electron chi connectivity index (χ0n) is 13.6. The minimum Gasteiger partial charge on any atom is -0.318 e. The molecular weight excluding hydrogens is 360 g/mol. The number of anilines is 1. The molecule has 1 aromatic heterocycles. The van der Waals surface area contributed by atoms with E-state index in [2.05, 4.69) is 20.7 Å². The molecule has 0 aliphatic carbocycles. The highest BCUT2D eigenvalue weighted by molar-refractivity contribution is 6.33. The first-order valence-corrected chi connectivity index (χ1v) is 7.90. The van der Waals surface area contributed by atoms with Gasteiger partial charge in [0, 0.05) is 11.6 Å². The number of nitrogens with one attached hydrogen (secondary N) is 1. The van der Waals surface area contributed by atoms with Crippen molar-refractivity contribution in [2.45, 2.75) is 13.5 Å². The number of nitro benzene ring substituents is 1. The van der Waals surface area contributed by atoms with E-state index in [4.69, 9.17) is 11.6 Å². The van der Waals surface area contributed by atoms with Crippen LogP contribution >= 0.6 is 11.6 Å². The van der Waals surface area contributed by atoms with Gasteiger partial charge in [0.25, 0.3) is 5.69 Å². The summed E-state index contributed by atoms with van der Waals surface area (Å²) < 4.78 is 0. The maximum atomic E-state index is 12.2. The van der Waals surface area contributed by atoms with Crippen molar-refractivity contribution in [2.24, 2.45) is 0 Å². The maximum Gasteiger partial charge on any atom is 0.293 e. The number of halogens is 1. The Labute approximate surface area is 152 Å². The number of nitro groups is 1. The van der Waals surface area contributed by atoms with Crippen LogP contribution in [0.4, 0.5) is 11.4 Å². The van der Waals surface area contributed by atoms with Gasteiger partial charge < -0.3 is 5.32 Å². The number of nitrogens with zero attached hydrogens (tertiary/aromatic N) is 5. The van der Waals surface area contributed by atoms with Gasteiger partial charge >= 0.3 is 0 Å². The summed E-state index contributed by atoms with van der Waals surface area (Å²) >= 11 is 6.09. The SMILES string of the molecule is Cc1cccc([N+](=O)[O-])c1NC(=O)Cn1nnc(-c2ccccc2Cl)n1. The van der Waals surface area contributed by atoms with Crippen LogP contribution in [0.3, 0.4) is 0 Å². The number of amides is 1. The van der Waals surface area contributed by atoms with Crippen LogP contribution in [0.2, 0.25) is 5.02 Å². The van der Waals surface area contributed by atoms with Crippen LogP contribution in [0, 0.1) is 17.0 Å². The molecule has 0 atom stereocenters. The van der Waals surface area contributed by atoms with Gasteiger partial charge in [-0.3, -0.25) is 14.9 Å². The largest absolute Gasteiger partial charge is 0.318 e. The summed E-state index contributed by atoms with van der Waals surface area (Å²) in [4.78, 5) is 23.9. The predicted octanol–water partition coefficient (Wildman–Crippen LogP) is 2.85. The van der Waals surface area contributed by atoms with Crippen LogP contribution in [0.15, 0.2) is 42.5 Å². The number of para-hydroxylation sites is 1. The molecule has 3 rings (SSSR count). The Kier molecular flexibility index (Phi) is 4.90. The molecule has 0 aliphatic heterocycles. The third kappa shape index (κ3) is 3.67. The van der Waals surface area contributed by atoms with Crippen molar-refractivity contribution >= 4 is 28.9 Å². The lowest BCUT2D eigenvalue weighted by molar-refractivity contribution is -0.384. The second-order valence-electron chi connectivity index (χ2n) is 5.40. The third-order valence-corrected chi connectivity index (χ3v) is 3.89. The Morgan fingerprint density at radius 2 is 2.04 bits per heavy atom. The zero-order valence-corrected chi connectivity index (χ0v) is 14.3. The molecule has 3 aromatic rings. The van der Waals surface area contributed by atoms with Gasteiger partial charge in [-0.15, -0.1) is 10.2 Å². The maximum absolute atomic E-state index is 12.2. The van der Waals surface area contributed by atoms with E-state index in [1.807, 2.05) is 0 Å². The van der Waals surface area contributed by atoms with E-state index in [-0.39, 0.29) is 23.7 Å². The molecule has 0 bridgehead atoms. The Balaban J connectivity index is 1.76. The lowest BCUT2D eigenvalue weighted by Crippen LogP contribution is -2.21. The van der Waals surface area contributed by atoms with E-state index < -0.39 is 10.8 Å². The predicted molar refractivity (Wildman–Crippen MR) is 94.7 cm³/mol. The summed E-state index contributed by atoms with van der Waals surface area (Å²) in [5, 5.41) is 25.9. The van der Waals surface area contributed by atoms with Crippen molar-refractivity contribution < 1.29 is 9.72 Å². The monoisotopic (exact) mass is 372 g/mol. The van der Waals surface area contributed by atoms with Crippen molar-refractivity contribution in [1.29, 1.82) is 0 Å². The molecule has 0 fully saturated rings. The van der Waals surface area contributed by atoms with E-state index in [1.165, 1.54) is 6.07 Å². The highest BCUT2D eigenvalue weighted by Crippen LogP contribution is 2.27. The molecule has 1 N–H and O–H groups in total. The van der Waals surface area contributed by atoms with Crippen molar-refractivity contribution in [3.8, 4) is 11.4 Å². The highest BCUT2D eigenvalue weighted by Gasteiger charge is 2.18. The Morgan fingerprint density at radius 1 is 1.27 bits per heavy atom. The van der Waals surface area contributed by atoms with E-state index >= 15 is 0 Å². The summed E-state index contributed by atoms with van der Waals surface area (Å²) in [6.45, 7) is 1.43. The fourth-order valence-electron chi connectivity index (χ4n) is 2.34. The zero-order chi connectivity index (χ0) is 18.7. The highest BCUT2D eigenvalue weighted by atomic mass is 35.5. The number of aromatic nitrogens is 4. The Morgan fingerprint density at radius 3 is 2.77 bits per heavy atom. The minimum absolute atomic E-state index is 0.147. The fraction of sp³-hybridized carbons (Fsp3) is 0.125. The number of carbonyl (C=O) groups excluding carboxylic acids is 1. The van der Waals surface area contributed by atoms with Gasteiger partial charge in [0.1, 0.15) is 12.2 Å². The molecule has 9 nitrogen and oxygen atoms in total. The minimum atomic E-state index is -0.550. The molecule has 1 amide bonds. The molecule has 10 heteroatoms. The third-order valence-electron chi connectivity index (χ3n) is 3.56. The van der Waals surface area contributed by atoms with Crippen molar-refractivity contribution in [1.82, 2.24) is 20.2 Å². The van der Waals surface area contributed by atoms with Crippen molar-refractivity contribution in [2.75, 3.05) is 5.32 Å². The van der Waals surface area contributed by atoms with Gasteiger partial charge in [-0.1, -0.05) is 35.9 Å². The van der Waals surface area contributed by atoms with E-state index in [1.54, 1.807) is 43.3 Å². The topological polar surface area (TPSA) is 116 Å². The number of rotatable bonds is 5. The van der Waals surface area contributed by atoms with Gasteiger partial charge in [-0.25, -0.2) is 0 Å². The van der Waals surface area contributed by atoms with Crippen LogP contribution in [0.1, 0.15) is 5.56 Å².